The van der Waals surface area contributed by atoms with Gasteiger partial charge in [0.2, 0.25) is 5.91 Å². The molecule has 104 valence electrons. The molecule has 1 aliphatic carbocycles. The van der Waals surface area contributed by atoms with Crippen molar-refractivity contribution < 1.29 is 4.79 Å². The van der Waals surface area contributed by atoms with E-state index in [1.54, 1.807) is 0 Å². The van der Waals surface area contributed by atoms with E-state index in [0.29, 0.717) is 11.9 Å². The van der Waals surface area contributed by atoms with Crippen molar-refractivity contribution in [2.75, 3.05) is 6.67 Å². The molecule has 18 heavy (non-hydrogen) atoms. The second-order valence-electron chi connectivity index (χ2n) is 6.57. The molecule has 0 radical (unpaired) electrons. The summed E-state index contributed by atoms with van der Waals surface area (Å²) < 4.78 is 0. The molecule has 2 aliphatic rings. The minimum atomic E-state index is -0.174. The number of carbonyl (C=O) groups is 1. The first kappa shape index (κ1) is 13.9. The van der Waals surface area contributed by atoms with Gasteiger partial charge in [-0.15, -0.1) is 0 Å². The lowest BCUT2D eigenvalue weighted by Gasteiger charge is -2.26. The van der Waals surface area contributed by atoms with Gasteiger partial charge in [-0.05, 0) is 32.1 Å². The molecule has 1 spiro atoms. The maximum atomic E-state index is 12.5. The predicted octanol–water partition coefficient (Wildman–Crippen LogP) is 2.90. The van der Waals surface area contributed by atoms with Gasteiger partial charge in [-0.1, -0.05) is 39.5 Å². The van der Waals surface area contributed by atoms with Gasteiger partial charge in [-0.3, -0.25) is 10.1 Å². The van der Waals surface area contributed by atoms with Crippen molar-refractivity contribution in [3.63, 3.8) is 0 Å². The van der Waals surface area contributed by atoms with Gasteiger partial charge >= 0.3 is 0 Å². The van der Waals surface area contributed by atoms with Gasteiger partial charge < -0.3 is 4.90 Å². The number of hydrogen-bond acceptors (Lipinski definition) is 2. The van der Waals surface area contributed by atoms with Crippen LogP contribution >= 0.6 is 0 Å². The Morgan fingerprint density at radius 2 is 1.89 bits per heavy atom. The summed E-state index contributed by atoms with van der Waals surface area (Å²) in [5, 5.41) is 3.49. The molecule has 0 bridgehead atoms. The highest BCUT2D eigenvalue weighted by Crippen LogP contribution is 2.35. The predicted molar refractivity (Wildman–Crippen MR) is 74.2 cm³/mol. The number of carbonyl (C=O) groups excluding carboxylic acids is 1. The van der Waals surface area contributed by atoms with Crippen LogP contribution in [0, 0.1) is 5.92 Å². The third kappa shape index (κ3) is 2.71. The first-order chi connectivity index (χ1) is 8.55. The average Bonchev–Trinajstić information content (AvgIpc) is 2.89. The molecule has 1 atom stereocenters. The molecule has 1 aliphatic heterocycles. The summed E-state index contributed by atoms with van der Waals surface area (Å²) in [7, 11) is 0. The number of nitrogens with zero attached hydrogens (tertiary/aromatic N) is 1. The molecule has 0 aromatic heterocycles. The van der Waals surface area contributed by atoms with E-state index in [1.165, 1.54) is 25.7 Å². The zero-order valence-electron chi connectivity index (χ0n) is 12.2. The van der Waals surface area contributed by atoms with E-state index in [1.807, 2.05) is 0 Å². The van der Waals surface area contributed by atoms with Crippen molar-refractivity contribution >= 4 is 5.91 Å². The van der Waals surface area contributed by atoms with E-state index in [9.17, 15) is 4.79 Å². The third-order valence-corrected chi connectivity index (χ3v) is 4.65. The Morgan fingerprint density at radius 1 is 1.22 bits per heavy atom. The molecule has 1 heterocycles. The summed E-state index contributed by atoms with van der Waals surface area (Å²) in [6.07, 6.45) is 8.13. The zero-order chi connectivity index (χ0) is 13.2. The molecule has 0 aromatic carbocycles. The summed E-state index contributed by atoms with van der Waals surface area (Å²) in [5.74, 6) is 1.14. The maximum absolute atomic E-state index is 12.5. The molecule has 1 saturated heterocycles. The zero-order valence-corrected chi connectivity index (χ0v) is 12.2. The monoisotopic (exact) mass is 252 g/mol. The average molecular weight is 252 g/mol. The van der Waals surface area contributed by atoms with Crippen LogP contribution in [0.1, 0.15) is 65.7 Å². The highest BCUT2D eigenvalue weighted by atomic mass is 16.2. The van der Waals surface area contributed by atoms with E-state index in [0.717, 1.165) is 31.8 Å². The Labute approximate surface area is 111 Å². The number of rotatable bonds is 5. The highest BCUT2D eigenvalue weighted by Gasteiger charge is 2.48. The largest absolute Gasteiger partial charge is 0.326 e. The minimum Gasteiger partial charge on any atom is -0.326 e. The van der Waals surface area contributed by atoms with Crippen molar-refractivity contribution in [1.82, 2.24) is 10.2 Å². The van der Waals surface area contributed by atoms with Crippen molar-refractivity contribution in [1.29, 1.82) is 0 Å². The van der Waals surface area contributed by atoms with E-state index >= 15 is 0 Å². The molecule has 3 heteroatoms. The molecular weight excluding hydrogens is 224 g/mol. The van der Waals surface area contributed by atoms with Crippen LogP contribution < -0.4 is 5.32 Å². The van der Waals surface area contributed by atoms with Gasteiger partial charge in [0, 0.05) is 6.04 Å². The van der Waals surface area contributed by atoms with Crippen LogP contribution in [0.25, 0.3) is 0 Å². The standard InChI is InChI=1S/C15H28N2O/c1-12(2)7-6-8-13(3)17-11-16-15(14(17)18)9-4-5-10-15/h12-13,16H,4-11H2,1-3H3. The normalized spacial score (nSPS) is 24.4. The molecule has 2 rings (SSSR count). The molecule has 1 N–H and O–H groups in total. The first-order valence-corrected chi connectivity index (χ1v) is 7.61. The van der Waals surface area contributed by atoms with Crippen LogP contribution in [0.3, 0.4) is 0 Å². The fourth-order valence-electron chi connectivity index (χ4n) is 3.36. The summed E-state index contributed by atoms with van der Waals surface area (Å²) in [6, 6.07) is 0.392. The van der Waals surface area contributed by atoms with Gasteiger partial charge in [0.25, 0.3) is 0 Å². The smallest absolute Gasteiger partial charge is 0.244 e. The van der Waals surface area contributed by atoms with Gasteiger partial charge in [0.05, 0.1) is 12.2 Å². The maximum Gasteiger partial charge on any atom is 0.244 e. The van der Waals surface area contributed by atoms with Crippen LogP contribution in [0.15, 0.2) is 0 Å². The lowest BCUT2D eigenvalue weighted by molar-refractivity contribution is -0.134. The number of amides is 1. The van der Waals surface area contributed by atoms with E-state index in [2.05, 4.69) is 31.0 Å². The van der Waals surface area contributed by atoms with Crippen LogP contribution in [-0.2, 0) is 4.79 Å². The van der Waals surface area contributed by atoms with E-state index in [-0.39, 0.29) is 5.54 Å². The SMILES string of the molecule is CC(C)CCCC(C)N1CNC2(CCCC2)C1=O. The Bertz CT molecular complexity index is 295. The molecule has 3 nitrogen and oxygen atoms in total. The Kier molecular flexibility index (Phi) is 4.31. The van der Waals surface area contributed by atoms with Crippen molar-refractivity contribution in [2.45, 2.75) is 77.3 Å². The Morgan fingerprint density at radius 3 is 2.50 bits per heavy atom. The van der Waals surface area contributed by atoms with Crippen LogP contribution in [0.5, 0.6) is 0 Å². The summed E-state index contributed by atoms with van der Waals surface area (Å²) >= 11 is 0. The molecular formula is C15H28N2O. The number of nitrogens with one attached hydrogen (secondary N) is 1. The molecule has 0 aromatic rings. The third-order valence-electron chi connectivity index (χ3n) is 4.65. The minimum absolute atomic E-state index is 0.174. The summed E-state index contributed by atoms with van der Waals surface area (Å²) in [6.45, 7) is 7.50. The lowest BCUT2D eigenvalue weighted by Crippen LogP contribution is -2.45. The van der Waals surface area contributed by atoms with Crippen LogP contribution in [0.2, 0.25) is 0 Å². The van der Waals surface area contributed by atoms with Crippen molar-refractivity contribution in [3.05, 3.63) is 0 Å². The number of hydrogen-bond donors (Lipinski definition) is 1. The second-order valence-corrected chi connectivity index (χ2v) is 6.57. The van der Waals surface area contributed by atoms with E-state index < -0.39 is 0 Å². The Hall–Kier alpha value is -0.570. The molecule has 1 unspecified atom stereocenters. The van der Waals surface area contributed by atoms with Gasteiger partial charge in [0.15, 0.2) is 0 Å². The highest BCUT2D eigenvalue weighted by molar-refractivity contribution is 5.88. The summed E-state index contributed by atoms with van der Waals surface area (Å²) in [4.78, 5) is 14.6. The quantitative estimate of drug-likeness (QED) is 0.816. The van der Waals surface area contributed by atoms with Gasteiger partial charge in [-0.25, -0.2) is 0 Å². The van der Waals surface area contributed by atoms with Crippen LogP contribution in [0.4, 0.5) is 0 Å². The van der Waals surface area contributed by atoms with E-state index in [4.69, 9.17) is 0 Å². The topological polar surface area (TPSA) is 32.3 Å². The second kappa shape index (κ2) is 5.60. The van der Waals surface area contributed by atoms with Crippen LogP contribution in [-0.4, -0.2) is 29.1 Å². The molecule has 1 amide bonds. The summed E-state index contributed by atoms with van der Waals surface area (Å²) in [5.41, 5.74) is -0.174. The fourth-order valence-corrected chi connectivity index (χ4v) is 3.36. The first-order valence-electron chi connectivity index (χ1n) is 7.61. The fraction of sp³-hybridized carbons (Fsp3) is 0.933. The molecule has 2 fully saturated rings. The lowest BCUT2D eigenvalue weighted by atomic mass is 9.97. The molecule has 1 saturated carbocycles. The van der Waals surface area contributed by atoms with Gasteiger partial charge in [-0.2, -0.15) is 0 Å². The van der Waals surface area contributed by atoms with Crippen molar-refractivity contribution in [3.8, 4) is 0 Å². The van der Waals surface area contributed by atoms with Crippen molar-refractivity contribution in [2.24, 2.45) is 5.92 Å². The Balaban J connectivity index is 1.84. The van der Waals surface area contributed by atoms with Gasteiger partial charge in [0.1, 0.15) is 0 Å².